The number of benzene rings is 1. The molecule has 17 heavy (non-hydrogen) atoms. The Kier molecular flexibility index (Phi) is 3.24. The summed E-state index contributed by atoms with van der Waals surface area (Å²) in [6.07, 6.45) is 4.97. The van der Waals surface area contributed by atoms with Crippen molar-refractivity contribution < 1.29 is 14.2 Å². The molecule has 1 saturated carbocycles. The van der Waals surface area contributed by atoms with E-state index in [1.165, 1.54) is 19.6 Å². The maximum Gasteiger partial charge on any atom is 0.194 e. The van der Waals surface area contributed by atoms with Gasteiger partial charge >= 0.3 is 0 Å². The van der Waals surface area contributed by atoms with Crippen LogP contribution >= 0.6 is 0 Å². The third-order valence-electron chi connectivity index (χ3n) is 3.57. The van der Waals surface area contributed by atoms with E-state index in [9.17, 15) is 9.50 Å². The van der Waals surface area contributed by atoms with E-state index >= 15 is 0 Å². The number of ether oxygens (including phenoxy) is 1. The fourth-order valence-corrected chi connectivity index (χ4v) is 2.60. The van der Waals surface area contributed by atoms with Gasteiger partial charge in [-0.05, 0) is 18.9 Å². The Morgan fingerprint density at radius 3 is 2.53 bits per heavy atom. The SMILES string of the molecule is COc1c(C2(N)CCCCC2)ccc(F)c1O. The first kappa shape index (κ1) is 12.2. The number of aromatic hydroxyl groups is 1. The molecule has 0 unspecified atom stereocenters. The summed E-state index contributed by atoms with van der Waals surface area (Å²) in [6, 6.07) is 2.87. The van der Waals surface area contributed by atoms with Crippen LogP contribution in [0.2, 0.25) is 0 Å². The van der Waals surface area contributed by atoms with E-state index in [1.807, 2.05) is 0 Å². The summed E-state index contributed by atoms with van der Waals surface area (Å²) in [5, 5.41) is 9.67. The standard InChI is InChI=1S/C13H18FNO2/c1-17-12-9(5-6-10(14)11(12)16)13(15)7-3-2-4-8-13/h5-6,16H,2-4,7-8,15H2,1H3. The Balaban J connectivity index is 2.47. The molecule has 0 heterocycles. The molecule has 0 atom stereocenters. The molecule has 3 N–H and O–H groups in total. The minimum Gasteiger partial charge on any atom is -0.502 e. The molecule has 1 fully saturated rings. The highest BCUT2D eigenvalue weighted by Crippen LogP contribution is 2.43. The van der Waals surface area contributed by atoms with Crippen LogP contribution in [-0.4, -0.2) is 12.2 Å². The summed E-state index contributed by atoms with van der Waals surface area (Å²) in [7, 11) is 1.42. The largest absolute Gasteiger partial charge is 0.502 e. The number of rotatable bonds is 2. The summed E-state index contributed by atoms with van der Waals surface area (Å²) >= 11 is 0. The summed E-state index contributed by atoms with van der Waals surface area (Å²) in [6.45, 7) is 0. The van der Waals surface area contributed by atoms with Gasteiger partial charge in [0.15, 0.2) is 17.3 Å². The van der Waals surface area contributed by atoms with Crippen LogP contribution < -0.4 is 10.5 Å². The normalized spacial score (nSPS) is 19.0. The van der Waals surface area contributed by atoms with Gasteiger partial charge in [-0.2, -0.15) is 0 Å². The third kappa shape index (κ3) is 2.09. The number of hydrogen-bond acceptors (Lipinski definition) is 3. The minimum atomic E-state index is -0.676. The van der Waals surface area contributed by atoms with Crippen molar-refractivity contribution >= 4 is 0 Å². The number of nitrogens with two attached hydrogens (primary N) is 1. The molecule has 1 aromatic rings. The maximum atomic E-state index is 13.3. The molecule has 1 aliphatic rings. The number of halogens is 1. The van der Waals surface area contributed by atoms with E-state index in [-0.39, 0.29) is 5.75 Å². The van der Waals surface area contributed by atoms with Gasteiger partial charge in [-0.25, -0.2) is 4.39 Å². The molecule has 0 aliphatic heterocycles. The Morgan fingerprint density at radius 1 is 1.29 bits per heavy atom. The van der Waals surface area contributed by atoms with Crippen molar-refractivity contribution in [3.05, 3.63) is 23.5 Å². The molecule has 0 amide bonds. The summed E-state index contributed by atoms with van der Waals surface area (Å²) in [5.74, 6) is -0.945. The number of phenols is 1. The van der Waals surface area contributed by atoms with E-state index < -0.39 is 17.1 Å². The Hall–Kier alpha value is -1.29. The molecular weight excluding hydrogens is 221 g/mol. The van der Waals surface area contributed by atoms with Gasteiger partial charge in [-0.15, -0.1) is 0 Å². The Morgan fingerprint density at radius 2 is 1.94 bits per heavy atom. The van der Waals surface area contributed by atoms with Crippen LogP contribution in [0.1, 0.15) is 37.7 Å². The summed E-state index contributed by atoms with van der Waals surface area (Å²) in [5.41, 5.74) is 6.56. The molecule has 94 valence electrons. The van der Waals surface area contributed by atoms with Gasteiger partial charge in [-0.3, -0.25) is 0 Å². The van der Waals surface area contributed by atoms with E-state index in [1.54, 1.807) is 6.07 Å². The predicted molar refractivity (Wildman–Crippen MR) is 63.6 cm³/mol. The van der Waals surface area contributed by atoms with Gasteiger partial charge in [0, 0.05) is 11.1 Å². The van der Waals surface area contributed by atoms with Crippen molar-refractivity contribution in [2.24, 2.45) is 5.73 Å². The zero-order chi connectivity index (χ0) is 12.5. The van der Waals surface area contributed by atoms with Crippen molar-refractivity contribution in [3.8, 4) is 11.5 Å². The lowest BCUT2D eigenvalue weighted by Gasteiger charge is -2.35. The van der Waals surface area contributed by atoms with Gasteiger partial charge in [0.05, 0.1) is 7.11 Å². The van der Waals surface area contributed by atoms with Crippen LogP contribution in [0.4, 0.5) is 4.39 Å². The summed E-state index contributed by atoms with van der Waals surface area (Å²) < 4.78 is 18.4. The first-order valence-electron chi connectivity index (χ1n) is 5.93. The van der Waals surface area contributed by atoms with Gasteiger partial charge in [-0.1, -0.05) is 25.3 Å². The first-order valence-corrected chi connectivity index (χ1v) is 5.93. The molecule has 3 nitrogen and oxygen atoms in total. The van der Waals surface area contributed by atoms with Crippen molar-refractivity contribution in [2.75, 3.05) is 7.11 Å². The second kappa shape index (κ2) is 4.53. The second-order valence-electron chi connectivity index (χ2n) is 4.69. The first-order chi connectivity index (χ1) is 8.08. The Bertz CT molecular complexity index is 414. The minimum absolute atomic E-state index is 0.175. The van der Waals surface area contributed by atoms with Crippen LogP contribution in [-0.2, 0) is 5.54 Å². The third-order valence-corrected chi connectivity index (χ3v) is 3.57. The lowest BCUT2D eigenvalue weighted by atomic mass is 9.77. The average Bonchev–Trinajstić information content (AvgIpc) is 2.33. The van der Waals surface area contributed by atoms with Crippen molar-refractivity contribution in [1.82, 2.24) is 0 Å². The molecule has 0 aromatic heterocycles. The van der Waals surface area contributed by atoms with Crippen LogP contribution in [0.25, 0.3) is 0 Å². The monoisotopic (exact) mass is 239 g/mol. The second-order valence-corrected chi connectivity index (χ2v) is 4.69. The van der Waals surface area contributed by atoms with Crippen LogP contribution in [0, 0.1) is 5.82 Å². The fraction of sp³-hybridized carbons (Fsp3) is 0.538. The lowest BCUT2D eigenvalue weighted by Crippen LogP contribution is -2.38. The highest BCUT2D eigenvalue weighted by Gasteiger charge is 2.33. The van der Waals surface area contributed by atoms with Crippen molar-refractivity contribution in [2.45, 2.75) is 37.6 Å². The van der Waals surface area contributed by atoms with Crippen molar-refractivity contribution in [3.63, 3.8) is 0 Å². The molecule has 2 rings (SSSR count). The highest BCUT2D eigenvalue weighted by molar-refractivity contribution is 5.50. The molecule has 0 radical (unpaired) electrons. The van der Waals surface area contributed by atoms with Crippen LogP contribution in [0.5, 0.6) is 11.5 Å². The van der Waals surface area contributed by atoms with Crippen LogP contribution in [0.3, 0.4) is 0 Å². The van der Waals surface area contributed by atoms with Gasteiger partial charge in [0.25, 0.3) is 0 Å². The van der Waals surface area contributed by atoms with Crippen LogP contribution in [0.15, 0.2) is 12.1 Å². The van der Waals surface area contributed by atoms with E-state index in [4.69, 9.17) is 10.5 Å². The molecule has 4 heteroatoms. The molecule has 0 saturated heterocycles. The van der Waals surface area contributed by atoms with Gasteiger partial charge < -0.3 is 15.6 Å². The van der Waals surface area contributed by atoms with Gasteiger partial charge in [0.1, 0.15) is 0 Å². The van der Waals surface area contributed by atoms with Gasteiger partial charge in [0.2, 0.25) is 0 Å². The zero-order valence-electron chi connectivity index (χ0n) is 10.0. The molecule has 0 bridgehead atoms. The van der Waals surface area contributed by atoms with E-state index in [2.05, 4.69) is 0 Å². The fourth-order valence-electron chi connectivity index (χ4n) is 2.60. The smallest absolute Gasteiger partial charge is 0.194 e. The number of hydrogen-bond donors (Lipinski definition) is 2. The number of methoxy groups -OCH3 is 1. The molecule has 1 aliphatic carbocycles. The summed E-state index contributed by atoms with van der Waals surface area (Å²) in [4.78, 5) is 0. The highest BCUT2D eigenvalue weighted by atomic mass is 19.1. The number of phenolic OH excluding ortho intramolecular Hbond substituents is 1. The topological polar surface area (TPSA) is 55.5 Å². The average molecular weight is 239 g/mol. The lowest BCUT2D eigenvalue weighted by molar-refractivity contribution is 0.281. The quantitative estimate of drug-likeness (QED) is 0.834. The Labute approximate surface area is 100 Å². The van der Waals surface area contributed by atoms with E-state index in [0.29, 0.717) is 5.56 Å². The zero-order valence-corrected chi connectivity index (χ0v) is 10.0. The molecule has 0 spiro atoms. The predicted octanol–water partition coefficient (Wildman–Crippen LogP) is 2.66. The molecule has 1 aromatic carbocycles. The molecular formula is C13H18FNO2. The van der Waals surface area contributed by atoms with E-state index in [0.717, 1.165) is 25.7 Å². The van der Waals surface area contributed by atoms with Crippen molar-refractivity contribution in [1.29, 1.82) is 0 Å². The maximum absolute atomic E-state index is 13.3.